The van der Waals surface area contributed by atoms with E-state index in [4.69, 9.17) is 0 Å². The van der Waals surface area contributed by atoms with Gasteiger partial charge in [0.25, 0.3) is 0 Å². The van der Waals surface area contributed by atoms with Crippen LogP contribution in [0, 0.1) is 5.92 Å². The largest absolute Gasteiger partial charge is 0.298 e. The second kappa shape index (κ2) is 4.24. The van der Waals surface area contributed by atoms with Gasteiger partial charge in [0.15, 0.2) is 0 Å². The Morgan fingerprint density at radius 3 is 2.12 bits per heavy atom. The zero-order valence-electron chi connectivity index (χ0n) is 12.6. The van der Waals surface area contributed by atoms with Crippen LogP contribution in [0.4, 0.5) is 0 Å². The van der Waals surface area contributed by atoms with Gasteiger partial charge in [-0.15, -0.1) is 0 Å². The fourth-order valence-electron chi connectivity index (χ4n) is 3.80. The molecule has 0 N–H and O–H groups in total. The first-order valence-corrected chi connectivity index (χ1v) is 7.26. The van der Waals surface area contributed by atoms with Crippen molar-refractivity contribution in [1.82, 2.24) is 9.80 Å². The fourth-order valence-corrected chi connectivity index (χ4v) is 3.80. The molecule has 0 aromatic heterocycles. The lowest BCUT2D eigenvalue weighted by atomic mass is 9.92. The quantitative estimate of drug-likeness (QED) is 0.730. The molecule has 2 fully saturated rings. The van der Waals surface area contributed by atoms with Gasteiger partial charge < -0.3 is 0 Å². The Bertz CT molecular complexity index is 271. The molecule has 0 aliphatic carbocycles. The number of hydrogen-bond donors (Lipinski definition) is 0. The van der Waals surface area contributed by atoms with Crippen molar-refractivity contribution < 1.29 is 0 Å². The maximum absolute atomic E-state index is 2.71. The van der Waals surface area contributed by atoms with Crippen molar-refractivity contribution in [3.05, 3.63) is 0 Å². The third-order valence-electron chi connectivity index (χ3n) is 4.75. The van der Waals surface area contributed by atoms with Crippen LogP contribution in [-0.2, 0) is 0 Å². The first kappa shape index (κ1) is 13.4. The van der Waals surface area contributed by atoms with Gasteiger partial charge in [-0.05, 0) is 47.0 Å². The normalized spacial score (nSPS) is 31.8. The minimum absolute atomic E-state index is 0.299. The molecule has 1 atom stereocenters. The second-order valence-electron chi connectivity index (χ2n) is 7.68. The van der Waals surface area contributed by atoms with Gasteiger partial charge in [-0.1, -0.05) is 13.3 Å². The van der Waals surface area contributed by atoms with E-state index in [1.54, 1.807) is 0 Å². The maximum atomic E-state index is 2.71. The molecule has 2 heterocycles. The Morgan fingerprint density at radius 2 is 1.71 bits per heavy atom. The molecular weight excluding hydrogens is 208 g/mol. The molecule has 100 valence electrons. The summed E-state index contributed by atoms with van der Waals surface area (Å²) in [7, 11) is 0. The average Bonchev–Trinajstić information content (AvgIpc) is 2.38. The molecule has 0 unspecified atom stereocenters. The van der Waals surface area contributed by atoms with Gasteiger partial charge in [-0.25, -0.2) is 0 Å². The zero-order valence-corrected chi connectivity index (χ0v) is 12.6. The molecule has 17 heavy (non-hydrogen) atoms. The van der Waals surface area contributed by atoms with Crippen LogP contribution in [0.1, 0.15) is 54.4 Å². The minimum Gasteiger partial charge on any atom is -0.298 e. The van der Waals surface area contributed by atoms with Crippen molar-refractivity contribution in [2.75, 3.05) is 19.6 Å². The highest BCUT2D eigenvalue weighted by Gasteiger charge is 2.46. The van der Waals surface area contributed by atoms with Gasteiger partial charge in [0.1, 0.15) is 0 Å². The number of likely N-dealkylation sites (tertiary alicyclic amines) is 2. The van der Waals surface area contributed by atoms with E-state index in [2.05, 4.69) is 51.3 Å². The van der Waals surface area contributed by atoms with Crippen LogP contribution in [0.5, 0.6) is 0 Å². The SMILES string of the molecule is CCC1CN([C@@H]2CN(C(C)(C)C)C(C)(C)C2)C1. The van der Waals surface area contributed by atoms with E-state index in [1.807, 2.05) is 0 Å². The summed E-state index contributed by atoms with van der Waals surface area (Å²) in [5.41, 5.74) is 0.660. The predicted molar refractivity (Wildman–Crippen MR) is 74.3 cm³/mol. The summed E-state index contributed by atoms with van der Waals surface area (Å²) < 4.78 is 0. The zero-order chi connectivity index (χ0) is 12.8. The maximum Gasteiger partial charge on any atom is 0.0241 e. The van der Waals surface area contributed by atoms with Crippen molar-refractivity contribution >= 4 is 0 Å². The van der Waals surface area contributed by atoms with Crippen molar-refractivity contribution in [2.24, 2.45) is 5.92 Å². The molecule has 0 aromatic carbocycles. The van der Waals surface area contributed by atoms with E-state index in [9.17, 15) is 0 Å². The molecule has 0 aromatic rings. The topological polar surface area (TPSA) is 6.48 Å². The van der Waals surface area contributed by atoms with Crippen molar-refractivity contribution in [3.8, 4) is 0 Å². The molecule has 0 saturated carbocycles. The fraction of sp³-hybridized carbons (Fsp3) is 1.00. The first-order valence-electron chi connectivity index (χ1n) is 7.26. The lowest BCUT2D eigenvalue weighted by molar-refractivity contribution is 0.0423. The molecule has 2 heteroatoms. The first-order chi connectivity index (χ1) is 7.74. The summed E-state index contributed by atoms with van der Waals surface area (Å²) in [6.45, 7) is 18.1. The van der Waals surface area contributed by atoms with Gasteiger partial charge in [-0.3, -0.25) is 9.80 Å². The van der Waals surface area contributed by atoms with E-state index in [0.29, 0.717) is 11.1 Å². The molecule has 2 aliphatic heterocycles. The predicted octanol–water partition coefficient (Wildman–Crippen LogP) is 2.98. The highest BCUT2D eigenvalue weighted by atomic mass is 15.3. The van der Waals surface area contributed by atoms with E-state index >= 15 is 0 Å². The lowest BCUT2D eigenvalue weighted by Gasteiger charge is -2.43. The second-order valence-corrected chi connectivity index (χ2v) is 7.68. The lowest BCUT2D eigenvalue weighted by Crippen LogP contribution is -2.53. The molecule has 2 saturated heterocycles. The van der Waals surface area contributed by atoms with Gasteiger partial charge in [0.2, 0.25) is 0 Å². The molecule has 0 spiro atoms. The van der Waals surface area contributed by atoms with Crippen LogP contribution < -0.4 is 0 Å². The summed E-state index contributed by atoms with van der Waals surface area (Å²) in [4.78, 5) is 5.41. The summed E-state index contributed by atoms with van der Waals surface area (Å²) >= 11 is 0. The Kier molecular flexibility index (Phi) is 3.33. The summed E-state index contributed by atoms with van der Waals surface area (Å²) in [6.07, 6.45) is 2.69. The standard InChI is InChI=1S/C15H30N2/c1-7-12-9-16(10-12)13-8-15(5,6)17(11-13)14(2,3)4/h12-13H,7-11H2,1-6H3/t13-/m0/s1. The van der Waals surface area contributed by atoms with E-state index in [-0.39, 0.29) is 0 Å². The molecule has 0 bridgehead atoms. The Hall–Kier alpha value is -0.0800. The summed E-state index contributed by atoms with van der Waals surface area (Å²) in [5, 5.41) is 0. The molecular formula is C15H30N2. The van der Waals surface area contributed by atoms with E-state index in [0.717, 1.165) is 12.0 Å². The molecule has 0 amide bonds. The molecule has 2 rings (SSSR count). The Balaban J connectivity index is 1.97. The van der Waals surface area contributed by atoms with E-state index in [1.165, 1.54) is 32.5 Å². The highest BCUT2D eigenvalue weighted by Crippen LogP contribution is 2.38. The molecule has 0 radical (unpaired) electrons. The van der Waals surface area contributed by atoms with Gasteiger partial charge in [-0.2, -0.15) is 0 Å². The smallest absolute Gasteiger partial charge is 0.0241 e. The Morgan fingerprint density at radius 1 is 1.12 bits per heavy atom. The van der Waals surface area contributed by atoms with Crippen LogP contribution in [0.2, 0.25) is 0 Å². The third kappa shape index (κ3) is 2.53. The van der Waals surface area contributed by atoms with Crippen molar-refractivity contribution in [3.63, 3.8) is 0 Å². The van der Waals surface area contributed by atoms with E-state index < -0.39 is 0 Å². The van der Waals surface area contributed by atoms with Gasteiger partial charge in [0.05, 0.1) is 0 Å². The molecule has 2 nitrogen and oxygen atoms in total. The van der Waals surface area contributed by atoms with Crippen LogP contribution in [0.25, 0.3) is 0 Å². The Labute approximate surface area is 107 Å². The number of nitrogens with zero attached hydrogens (tertiary/aromatic N) is 2. The van der Waals surface area contributed by atoms with Crippen molar-refractivity contribution in [2.45, 2.75) is 71.5 Å². The summed E-state index contributed by atoms with van der Waals surface area (Å²) in [5.74, 6) is 0.974. The summed E-state index contributed by atoms with van der Waals surface area (Å²) in [6, 6.07) is 0.798. The number of rotatable bonds is 2. The third-order valence-corrected chi connectivity index (χ3v) is 4.75. The average molecular weight is 238 g/mol. The van der Waals surface area contributed by atoms with Crippen LogP contribution in [0.15, 0.2) is 0 Å². The van der Waals surface area contributed by atoms with Crippen LogP contribution >= 0.6 is 0 Å². The van der Waals surface area contributed by atoms with Gasteiger partial charge in [0, 0.05) is 36.8 Å². The van der Waals surface area contributed by atoms with Crippen LogP contribution in [0.3, 0.4) is 0 Å². The monoisotopic (exact) mass is 238 g/mol. The minimum atomic E-state index is 0.299. The molecule has 2 aliphatic rings. The van der Waals surface area contributed by atoms with Gasteiger partial charge >= 0.3 is 0 Å². The van der Waals surface area contributed by atoms with Crippen LogP contribution in [-0.4, -0.2) is 46.6 Å². The number of hydrogen-bond acceptors (Lipinski definition) is 2. The van der Waals surface area contributed by atoms with Crippen molar-refractivity contribution in [1.29, 1.82) is 0 Å². The highest BCUT2D eigenvalue weighted by molar-refractivity contribution is 5.03.